The molecule has 1 saturated heterocycles. The standard InChI is InChI=1S/C23H23FN6O4S/c1-14-2-7-18(24)19(8-14)35(31,32)30-16-5-3-15(4-6-16)20-27-21-17(9-26-29-21)22(28-20)34-13-23(10-25)11-33-12-23/h2-9,30H,10-13,25H2,1H3,(H,26,27,28,29). The Kier molecular flexibility index (Phi) is 5.87. The highest BCUT2D eigenvalue weighted by molar-refractivity contribution is 7.92. The van der Waals surface area contributed by atoms with Crippen molar-refractivity contribution in [1.29, 1.82) is 0 Å². The van der Waals surface area contributed by atoms with Crippen molar-refractivity contribution in [3.63, 3.8) is 0 Å². The van der Waals surface area contributed by atoms with Crippen LogP contribution >= 0.6 is 0 Å². The highest BCUT2D eigenvalue weighted by Crippen LogP contribution is 2.31. The van der Waals surface area contributed by atoms with Crippen LogP contribution in [0.5, 0.6) is 5.88 Å². The maximum absolute atomic E-state index is 14.1. The summed E-state index contributed by atoms with van der Waals surface area (Å²) in [5.41, 5.74) is 7.66. The van der Waals surface area contributed by atoms with Crippen LogP contribution in [0.1, 0.15) is 5.56 Å². The first-order valence-electron chi connectivity index (χ1n) is 10.8. The van der Waals surface area contributed by atoms with Crippen molar-refractivity contribution in [2.24, 2.45) is 11.1 Å². The highest BCUT2D eigenvalue weighted by Gasteiger charge is 2.38. The predicted octanol–water partition coefficient (Wildman–Crippen LogP) is 2.62. The lowest BCUT2D eigenvalue weighted by Gasteiger charge is -2.39. The number of nitrogens with one attached hydrogen (secondary N) is 2. The third-order valence-electron chi connectivity index (χ3n) is 5.81. The van der Waals surface area contributed by atoms with Gasteiger partial charge in [0.15, 0.2) is 11.5 Å². The van der Waals surface area contributed by atoms with Gasteiger partial charge in [0.05, 0.1) is 24.8 Å². The topological polar surface area (TPSA) is 145 Å². The second kappa shape index (κ2) is 8.87. The number of ether oxygens (including phenoxy) is 2. The number of aromatic amines is 1. The number of H-pyrrole nitrogens is 1. The van der Waals surface area contributed by atoms with Crippen LogP contribution in [0.15, 0.2) is 53.6 Å². The summed E-state index contributed by atoms with van der Waals surface area (Å²) in [6.45, 7) is 3.52. The van der Waals surface area contributed by atoms with E-state index in [4.69, 9.17) is 15.2 Å². The van der Waals surface area contributed by atoms with E-state index in [-0.39, 0.29) is 11.1 Å². The summed E-state index contributed by atoms with van der Waals surface area (Å²) >= 11 is 0. The van der Waals surface area contributed by atoms with Crippen LogP contribution in [0, 0.1) is 18.2 Å². The van der Waals surface area contributed by atoms with Gasteiger partial charge in [-0.2, -0.15) is 10.1 Å². The smallest absolute Gasteiger partial charge is 0.264 e. The molecule has 182 valence electrons. The average Bonchev–Trinajstić information content (AvgIpc) is 3.29. The van der Waals surface area contributed by atoms with Crippen LogP contribution in [-0.4, -0.2) is 54.9 Å². The number of aromatic nitrogens is 4. The summed E-state index contributed by atoms with van der Waals surface area (Å²) < 4.78 is 53.2. The van der Waals surface area contributed by atoms with E-state index in [0.717, 1.165) is 6.07 Å². The number of nitrogens with two attached hydrogens (primary N) is 1. The largest absolute Gasteiger partial charge is 0.476 e. The zero-order chi connectivity index (χ0) is 24.6. The van der Waals surface area contributed by atoms with Crippen LogP contribution in [-0.2, 0) is 14.8 Å². The summed E-state index contributed by atoms with van der Waals surface area (Å²) in [6.07, 6.45) is 1.59. The van der Waals surface area contributed by atoms with Gasteiger partial charge in [-0.15, -0.1) is 0 Å². The first-order chi connectivity index (χ1) is 16.8. The lowest BCUT2D eigenvalue weighted by molar-refractivity contribution is -0.125. The molecule has 2 aromatic heterocycles. The lowest BCUT2D eigenvalue weighted by atomic mass is 9.87. The summed E-state index contributed by atoms with van der Waals surface area (Å²) in [4.78, 5) is 8.63. The Labute approximate surface area is 200 Å². The molecule has 0 aliphatic carbocycles. The Balaban J connectivity index is 1.39. The van der Waals surface area contributed by atoms with Gasteiger partial charge >= 0.3 is 0 Å². The van der Waals surface area contributed by atoms with Crippen molar-refractivity contribution in [3.05, 3.63) is 60.0 Å². The Morgan fingerprint density at radius 2 is 1.97 bits per heavy atom. The van der Waals surface area contributed by atoms with Crippen molar-refractivity contribution in [1.82, 2.24) is 20.2 Å². The Morgan fingerprint density at radius 3 is 2.66 bits per heavy atom. The number of rotatable bonds is 8. The van der Waals surface area contributed by atoms with Gasteiger partial charge in [0, 0.05) is 17.8 Å². The molecular formula is C23H23FN6O4S. The molecule has 0 spiro atoms. The molecule has 3 heterocycles. The fourth-order valence-corrected chi connectivity index (χ4v) is 4.86. The number of aryl methyl sites for hydroxylation is 1. The second-order valence-corrected chi connectivity index (χ2v) is 10.2. The minimum Gasteiger partial charge on any atom is -0.476 e. The highest BCUT2D eigenvalue weighted by atomic mass is 32.2. The lowest BCUT2D eigenvalue weighted by Crippen LogP contribution is -2.52. The molecule has 1 aliphatic rings. The molecule has 4 aromatic rings. The van der Waals surface area contributed by atoms with Gasteiger partial charge in [-0.3, -0.25) is 9.82 Å². The first-order valence-corrected chi connectivity index (χ1v) is 12.3. The van der Waals surface area contributed by atoms with Crippen molar-refractivity contribution in [3.8, 4) is 17.3 Å². The van der Waals surface area contributed by atoms with E-state index in [1.807, 2.05) is 0 Å². The molecule has 0 bridgehead atoms. The van der Waals surface area contributed by atoms with Gasteiger partial charge in [-0.25, -0.2) is 17.8 Å². The van der Waals surface area contributed by atoms with E-state index in [1.165, 1.54) is 12.1 Å². The number of hydrogen-bond acceptors (Lipinski definition) is 8. The predicted molar refractivity (Wildman–Crippen MR) is 127 cm³/mol. The van der Waals surface area contributed by atoms with Crippen LogP contribution in [0.3, 0.4) is 0 Å². The van der Waals surface area contributed by atoms with Crippen LogP contribution in [0.2, 0.25) is 0 Å². The average molecular weight is 499 g/mol. The molecule has 1 aliphatic heterocycles. The summed E-state index contributed by atoms with van der Waals surface area (Å²) in [6, 6.07) is 10.3. The Hall–Kier alpha value is -3.61. The van der Waals surface area contributed by atoms with E-state index in [1.54, 1.807) is 37.4 Å². The van der Waals surface area contributed by atoms with E-state index in [9.17, 15) is 12.8 Å². The molecule has 4 N–H and O–H groups in total. The molecule has 0 amide bonds. The van der Waals surface area contributed by atoms with Gasteiger partial charge in [-0.1, -0.05) is 6.07 Å². The van der Waals surface area contributed by atoms with E-state index in [2.05, 4.69) is 24.9 Å². The SMILES string of the molecule is Cc1ccc(F)c(S(=O)(=O)Nc2ccc(-c3nc(OCC4(CN)COC4)c4cn[nH]c4n3)cc2)c1. The maximum Gasteiger partial charge on any atom is 0.264 e. The van der Waals surface area contributed by atoms with Crippen molar-refractivity contribution >= 4 is 26.7 Å². The normalized spacial score (nSPS) is 15.1. The van der Waals surface area contributed by atoms with Crippen LogP contribution < -0.4 is 15.2 Å². The molecule has 0 unspecified atom stereocenters. The molecule has 35 heavy (non-hydrogen) atoms. The van der Waals surface area contributed by atoms with E-state index in [0.29, 0.717) is 60.2 Å². The first kappa shape index (κ1) is 23.1. The number of nitrogens with zero attached hydrogens (tertiary/aromatic N) is 3. The number of anilines is 1. The minimum absolute atomic E-state index is 0.239. The Bertz CT molecular complexity index is 1480. The van der Waals surface area contributed by atoms with Crippen molar-refractivity contribution in [2.45, 2.75) is 11.8 Å². The second-order valence-electron chi connectivity index (χ2n) is 8.59. The van der Waals surface area contributed by atoms with Crippen molar-refractivity contribution in [2.75, 3.05) is 31.1 Å². The van der Waals surface area contributed by atoms with Gasteiger partial charge in [-0.05, 0) is 48.9 Å². The maximum atomic E-state index is 14.1. The molecule has 0 atom stereocenters. The zero-order valence-corrected chi connectivity index (χ0v) is 19.6. The number of fused-ring (bicyclic) bond motifs is 1. The van der Waals surface area contributed by atoms with Crippen molar-refractivity contribution < 1.29 is 22.3 Å². The molecule has 5 rings (SSSR count). The van der Waals surface area contributed by atoms with Crippen LogP contribution in [0.25, 0.3) is 22.4 Å². The Morgan fingerprint density at radius 1 is 1.20 bits per heavy atom. The molecule has 10 nitrogen and oxygen atoms in total. The fraction of sp³-hybridized carbons (Fsp3) is 0.261. The molecule has 0 saturated carbocycles. The number of sulfonamides is 1. The fourth-order valence-electron chi connectivity index (χ4n) is 3.63. The molecule has 2 aromatic carbocycles. The molecule has 1 fully saturated rings. The van der Waals surface area contributed by atoms with Gasteiger partial charge < -0.3 is 15.2 Å². The molecule has 0 radical (unpaired) electrons. The summed E-state index contributed by atoms with van der Waals surface area (Å²) in [5.74, 6) is -0.0980. The number of hydrogen-bond donors (Lipinski definition) is 3. The van der Waals surface area contributed by atoms with Gasteiger partial charge in [0.1, 0.15) is 22.7 Å². The minimum atomic E-state index is -4.10. The third kappa shape index (κ3) is 4.55. The van der Waals surface area contributed by atoms with E-state index < -0.39 is 20.7 Å². The molecular weight excluding hydrogens is 475 g/mol. The quantitative estimate of drug-likeness (QED) is 0.336. The van der Waals surface area contributed by atoms with Gasteiger partial charge in [0.2, 0.25) is 5.88 Å². The molecule has 12 heteroatoms. The zero-order valence-electron chi connectivity index (χ0n) is 18.8. The number of halogens is 1. The van der Waals surface area contributed by atoms with Gasteiger partial charge in [0.25, 0.3) is 10.0 Å². The third-order valence-corrected chi connectivity index (χ3v) is 7.21. The van der Waals surface area contributed by atoms with E-state index >= 15 is 0 Å². The number of benzene rings is 2. The summed E-state index contributed by atoms with van der Waals surface area (Å²) in [7, 11) is -4.10. The monoisotopic (exact) mass is 498 g/mol. The summed E-state index contributed by atoms with van der Waals surface area (Å²) in [5, 5.41) is 7.48. The van der Waals surface area contributed by atoms with Crippen LogP contribution in [0.4, 0.5) is 10.1 Å².